The lowest BCUT2D eigenvalue weighted by Crippen LogP contribution is -2.46. The summed E-state index contributed by atoms with van der Waals surface area (Å²) in [5, 5.41) is 6.59. The van der Waals surface area contributed by atoms with Crippen LogP contribution in [-0.2, 0) is 10.0 Å². The molecule has 3 N–H and O–H groups in total. The molecule has 8 nitrogen and oxygen atoms in total. The minimum atomic E-state index is -3.52. The number of anilines is 1. The summed E-state index contributed by atoms with van der Waals surface area (Å²) in [7, 11) is -0.126. The third-order valence-corrected chi connectivity index (χ3v) is 6.70. The zero-order chi connectivity index (χ0) is 22.3. The number of nitrogens with one attached hydrogen (secondary N) is 3. The number of guanidine groups is 1. The van der Waals surface area contributed by atoms with Gasteiger partial charge in [0, 0.05) is 39.3 Å². The molecule has 3 rings (SSSR count). The lowest BCUT2D eigenvalue weighted by molar-refractivity contribution is 0.415. The van der Waals surface area contributed by atoms with Crippen LogP contribution in [0.4, 0.5) is 5.69 Å². The average molecular weight is 446 g/mol. The van der Waals surface area contributed by atoms with Crippen LogP contribution in [0, 0.1) is 6.92 Å². The van der Waals surface area contributed by atoms with Gasteiger partial charge in [-0.3, -0.25) is 4.99 Å². The number of benzene rings is 2. The molecule has 0 spiro atoms. The third kappa shape index (κ3) is 6.11. The molecule has 1 fully saturated rings. The van der Waals surface area contributed by atoms with Gasteiger partial charge in [-0.15, -0.1) is 0 Å². The number of aryl methyl sites for hydroxylation is 1. The van der Waals surface area contributed by atoms with Crippen molar-refractivity contribution in [3.05, 3.63) is 54.1 Å². The highest BCUT2D eigenvalue weighted by molar-refractivity contribution is 7.89. The fraction of sp³-hybridized carbons (Fsp3) is 0.409. The first-order valence-electron chi connectivity index (χ1n) is 10.3. The fourth-order valence-electron chi connectivity index (χ4n) is 3.54. The van der Waals surface area contributed by atoms with E-state index in [1.54, 1.807) is 38.4 Å². The summed E-state index contributed by atoms with van der Waals surface area (Å²) in [6.45, 7) is 4.36. The highest BCUT2D eigenvalue weighted by Gasteiger charge is 2.25. The van der Waals surface area contributed by atoms with Crippen LogP contribution in [0.25, 0.3) is 0 Å². The molecule has 1 heterocycles. The monoisotopic (exact) mass is 445 g/mol. The molecule has 0 aromatic heterocycles. The fourth-order valence-corrected chi connectivity index (χ4v) is 4.57. The van der Waals surface area contributed by atoms with E-state index < -0.39 is 10.0 Å². The van der Waals surface area contributed by atoms with Gasteiger partial charge in [-0.05, 0) is 37.6 Å². The van der Waals surface area contributed by atoms with E-state index in [0.717, 1.165) is 36.5 Å². The molecule has 0 bridgehead atoms. The predicted octanol–water partition coefficient (Wildman–Crippen LogP) is 1.73. The molecular formula is C22H31N5O3S. The molecule has 0 aliphatic carbocycles. The quantitative estimate of drug-likeness (QED) is 0.325. The van der Waals surface area contributed by atoms with Gasteiger partial charge in [-0.2, -0.15) is 0 Å². The highest BCUT2D eigenvalue weighted by Crippen LogP contribution is 2.30. The number of rotatable bonds is 8. The smallest absolute Gasteiger partial charge is 0.240 e. The van der Waals surface area contributed by atoms with E-state index in [2.05, 4.69) is 31.3 Å². The Morgan fingerprint density at radius 2 is 1.90 bits per heavy atom. The van der Waals surface area contributed by atoms with Crippen molar-refractivity contribution in [1.82, 2.24) is 15.4 Å². The molecule has 31 heavy (non-hydrogen) atoms. The van der Waals surface area contributed by atoms with Gasteiger partial charge in [0.1, 0.15) is 5.75 Å². The van der Waals surface area contributed by atoms with Crippen LogP contribution < -0.4 is 25.0 Å². The minimum absolute atomic E-state index is 0.236. The summed E-state index contributed by atoms with van der Waals surface area (Å²) < 4.78 is 32.8. The Kier molecular flexibility index (Phi) is 7.75. The topological polar surface area (TPSA) is 95.1 Å². The second-order valence-corrected chi connectivity index (χ2v) is 9.22. The first-order valence-corrected chi connectivity index (χ1v) is 11.8. The minimum Gasteiger partial charge on any atom is -0.495 e. The zero-order valence-corrected chi connectivity index (χ0v) is 19.1. The van der Waals surface area contributed by atoms with E-state index in [4.69, 9.17) is 4.74 Å². The Morgan fingerprint density at radius 1 is 1.16 bits per heavy atom. The van der Waals surface area contributed by atoms with Crippen molar-refractivity contribution >= 4 is 21.7 Å². The molecule has 1 saturated heterocycles. The molecule has 2 aromatic rings. The number of sulfonamides is 1. The van der Waals surface area contributed by atoms with E-state index in [-0.39, 0.29) is 17.5 Å². The van der Waals surface area contributed by atoms with Gasteiger partial charge in [-0.1, -0.05) is 29.8 Å². The van der Waals surface area contributed by atoms with Crippen LogP contribution in [0.15, 0.2) is 58.4 Å². The summed E-state index contributed by atoms with van der Waals surface area (Å²) in [5.41, 5.74) is 2.11. The molecule has 168 valence electrons. The first kappa shape index (κ1) is 22.9. The summed E-state index contributed by atoms with van der Waals surface area (Å²) in [4.78, 5) is 6.82. The summed E-state index contributed by atoms with van der Waals surface area (Å²) in [5.74, 6) is 1.52. The molecule has 1 unspecified atom stereocenters. The molecule has 1 atom stereocenters. The predicted molar refractivity (Wildman–Crippen MR) is 124 cm³/mol. The summed E-state index contributed by atoms with van der Waals surface area (Å²) in [6, 6.07) is 15.0. The van der Waals surface area contributed by atoms with E-state index >= 15 is 0 Å². The van der Waals surface area contributed by atoms with Crippen molar-refractivity contribution in [3.63, 3.8) is 0 Å². The Labute approximate surface area is 184 Å². The van der Waals surface area contributed by atoms with Crippen molar-refractivity contribution in [2.24, 2.45) is 4.99 Å². The van der Waals surface area contributed by atoms with Gasteiger partial charge in [0.15, 0.2) is 5.96 Å². The highest BCUT2D eigenvalue weighted by atomic mass is 32.2. The van der Waals surface area contributed by atoms with Crippen molar-refractivity contribution in [1.29, 1.82) is 0 Å². The SMILES string of the molecule is CN=C(NCCNS(=O)(=O)c1ccc(C)cc1)NC1CCN(c2ccccc2OC)C1. The van der Waals surface area contributed by atoms with Gasteiger partial charge in [-0.25, -0.2) is 13.1 Å². The van der Waals surface area contributed by atoms with Crippen LogP contribution in [0.5, 0.6) is 5.75 Å². The second-order valence-electron chi connectivity index (χ2n) is 7.46. The van der Waals surface area contributed by atoms with Crippen LogP contribution in [0.3, 0.4) is 0 Å². The van der Waals surface area contributed by atoms with E-state index in [1.165, 1.54) is 0 Å². The molecule has 0 radical (unpaired) electrons. The molecule has 0 amide bonds. The number of hydrogen-bond acceptors (Lipinski definition) is 5. The van der Waals surface area contributed by atoms with Gasteiger partial charge in [0.25, 0.3) is 0 Å². The first-order chi connectivity index (χ1) is 14.9. The largest absolute Gasteiger partial charge is 0.495 e. The maximum atomic E-state index is 12.4. The Balaban J connectivity index is 1.45. The Morgan fingerprint density at radius 3 is 2.61 bits per heavy atom. The molecule has 2 aromatic carbocycles. The average Bonchev–Trinajstić information content (AvgIpc) is 3.24. The van der Waals surface area contributed by atoms with E-state index in [0.29, 0.717) is 12.5 Å². The van der Waals surface area contributed by atoms with Crippen LogP contribution >= 0.6 is 0 Å². The molecule has 1 aliphatic rings. The lowest BCUT2D eigenvalue weighted by Gasteiger charge is -2.22. The number of hydrogen-bond donors (Lipinski definition) is 3. The standard InChI is InChI=1S/C22H31N5O3S/c1-17-8-10-19(11-9-17)31(28,29)25-14-13-24-22(23-2)26-18-12-15-27(16-18)20-6-4-5-7-21(20)30-3/h4-11,18,25H,12-16H2,1-3H3,(H2,23,24,26). The number of para-hydroxylation sites is 2. The van der Waals surface area contributed by atoms with Crippen LogP contribution in [0.2, 0.25) is 0 Å². The maximum Gasteiger partial charge on any atom is 0.240 e. The van der Waals surface area contributed by atoms with Crippen molar-refractivity contribution in [3.8, 4) is 5.75 Å². The third-order valence-electron chi connectivity index (χ3n) is 5.22. The summed E-state index contributed by atoms with van der Waals surface area (Å²) in [6.07, 6.45) is 0.971. The number of ether oxygens (including phenoxy) is 1. The van der Waals surface area contributed by atoms with Crippen LogP contribution in [-0.4, -0.2) is 60.8 Å². The Hall–Kier alpha value is -2.78. The van der Waals surface area contributed by atoms with Gasteiger partial charge >= 0.3 is 0 Å². The second kappa shape index (κ2) is 10.5. The maximum absolute atomic E-state index is 12.4. The molecule has 9 heteroatoms. The van der Waals surface area contributed by atoms with Gasteiger partial charge in [0.2, 0.25) is 10.0 Å². The van der Waals surface area contributed by atoms with Crippen molar-refractivity contribution in [2.75, 3.05) is 45.2 Å². The number of nitrogens with zero attached hydrogens (tertiary/aromatic N) is 2. The normalized spacial score (nSPS) is 16.9. The summed E-state index contributed by atoms with van der Waals surface area (Å²) >= 11 is 0. The number of methoxy groups -OCH3 is 1. The number of aliphatic imine (C=N–C) groups is 1. The Bertz CT molecular complexity index is 992. The van der Waals surface area contributed by atoms with Crippen molar-refractivity contribution in [2.45, 2.75) is 24.3 Å². The van der Waals surface area contributed by atoms with Gasteiger partial charge in [0.05, 0.1) is 17.7 Å². The molecule has 1 aliphatic heterocycles. The lowest BCUT2D eigenvalue weighted by atomic mass is 10.2. The van der Waals surface area contributed by atoms with Crippen LogP contribution in [0.1, 0.15) is 12.0 Å². The zero-order valence-electron chi connectivity index (χ0n) is 18.3. The van der Waals surface area contributed by atoms with Crippen molar-refractivity contribution < 1.29 is 13.2 Å². The molecular weight excluding hydrogens is 414 g/mol. The molecule has 0 saturated carbocycles. The van der Waals surface area contributed by atoms with Gasteiger partial charge < -0.3 is 20.3 Å². The van der Waals surface area contributed by atoms with E-state index in [1.807, 2.05) is 25.1 Å². The van der Waals surface area contributed by atoms with E-state index in [9.17, 15) is 8.42 Å².